The highest BCUT2D eigenvalue weighted by Crippen LogP contribution is 2.34. The molecule has 0 bridgehead atoms. The summed E-state index contributed by atoms with van der Waals surface area (Å²) >= 11 is 0. The van der Waals surface area contributed by atoms with Crippen molar-refractivity contribution in [3.63, 3.8) is 0 Å². The Balaban J connectivity index is 1.26. The van der Waals surface area contributed by atoms with E-state index in [-0.39, 0.29) is 28.3 Å². The number of nitrogens with one attached hydrogen (secondary N) is 1. The molecule has 4 aromatic rings. The molecule has 7 nitrogen and oxygen atoms in total. The van der Waals surface area contributed by atoms with Crippen molar-refractivity contribution in [1.82, 2.24) is 4.90 Å². The largest absolute Gasteiger partial charge is 0.490 e. The molecule has 0 radical (unpaired) electrons. The van der Waals surface area contributed by atoms with Crippen LogP contribution in [0.4, 0.5) is 14.5 Å². The van der Waals surface area contributed by atoms with Crippen LogP contribution in [0.3, 0.4) is 0 Å². The number of furan rings is 1. The zero-order valence-corrected chi connectivity index (χ0v) is 19.9. The van der Waals surface area contributed by atoms with Gasteiger partial charge in [0.05, 0.1) is 5.39 Å². The molecule has 190 valence electrons. The molecule has 3 aromatic carbocycles. The molecule has 37 heavy (non-hydrogen) atoms. The molecule has 3 N–H and O–H groups in total. The molecule has 0 atom stereocenters. The van der Waals surface area contributed by atoms with Gasteiger partial charge in [-0.15, -0.1) is 0 Å². The maximum atomic E-state index is 14.2. The first-order valence-electron chi connectivity index (χ1n) is 11.9. The van der Waals surface area contributed by atoms with E-state index in [9.17, 15) is 18.4 Å². The molecule has 1 aliphatic rings. The van der Waals surface area contributed by atoms with Gasteiger partial charge in [-0.2, -0.15) is 0 Å². The Morgan fingerprint density at radius 1 is 1.03 bits per heavy atom. The van der Waals surface area contributed by atoms with Crippen molar-refractivity contribution in [3.8, 4) is 5.75 Å². The number of amides is 2. The van der Waals surface area contributed by atoms with E-state index in [0.29, 0.717) is 11.8 Å². The number of rotatable bonds is 7. The molecule has 1 saturated heterocycles. The van der Waals surface area contributed by atoms with Crippen LogP contribution < -0.4 is 15.8 Å². The van der Waals surface area contributed by atoms with E-state index in [0.717, 1.165) is 38.5 Å². The molecule has 0 aliphatic carbocycles. The molecular weight excluding hydrogens is 480 g/mol. The first-order valence-corrected chi connectivity index (χ1v) is 11.9. The summed E-state index contributed by atoms with van der Waals surface area (Å²) < 4.78 is 39.3. The fraction of sp³-hybridized carbons (Fsp3) is 0.214. The summed E-state index contributed by atoms with van der Waals surface area (Å²) in [6, 6.07) is 18.5. The van der Waals surface area contributed by atoms with Crippen LogP contribution >= 0.6 is 0 Å². The van der Waals surface area contributed by atoms with Gasteiger partial charge in [0.25, 0.3) is 11.8 Å². The quantitative estimate of drug-likeness (QED) is 0.364. The fourth-order valence-electron chi connectivity index (χ4n) is 4.54. The number of carbonyl (C=O) groups is 2. The third-order valence-corrected chi connectivity index (χ3v) is 6.35. The average Bonchev–Trinajstić information content (AvgIpc) is 3.25. The Bertz CT molecular complexity index is 1450. The SMILES string of the molecule is NC(=O)c1oc2c(F)cc(F)cc2c1NC(=O)c1cccc(OC2CCN(Cc3ccccc3)CC2)c1. The van der Waals surface area contributed by atoms with E-state index >= 15 is 0 Å². The number of ether oxygens (including phenoxy) is 1. The van der Waals surface area contributed by atoms with E-state index in [4.69, 9.17) is 14.9 Å². The second-order valence-corrected chi connectivity index (χ2v) is 9.00. The number of nitrogens with two attached hydrogens (primary N) is 1. The maximum absolute atomic E-state index is 14.2. The molecule has 0 unspecified atom stereocenters. The number of benzene rings is 3. The molecule has 2 heterocycles. The molecule has 1 aliphatic heterocycles. The van der Waals surface area contributed by atoms with Gasteiger partial charge < -0.3 is 20.2 Å². The molecule has 1 fully saturated rings. The van der Waals surface area contributed by atoms with Gasteiger partial charge in [-0.1, -0.05) is 36.4 Å². The Hall–Kier alpha value is -4.24. The zero-order chi connectivity index (χ0) is 25.9. The number of primary amides is 1. The van der Waals surface area contributed by atoms with E-state index in [2.05, 4.69) is 22.3 Å². The monoisotopic (exact) mass is 505 g/mol. The lowest BCUT2D eigenvalue weighted by molar-refractivity contribution is 0.0959. The standard InChI is InChI=1S/C28H25F2N3O4/c29-19-14-22-24(26(27(31)34)37-25(22)23(30)15-19)32-28(35)18-7-4-8-21(13-18)36-20-9-11-33(12-10-20)16-17-5-2-1-3-6-17/h1-8,13-15,20H,9-12,16H2,(H2,31,34)(H,32,35). The number of nitrogens with zero attached hydrogens (tertiary/aromatic N) is 1. The highest BCUT2D eigenvalue weighted by molar-refractivity contribution is 6.14. The average molecular weight is 506 g/mol. The van der Waals surface area contributed by atoms with Crippen LogP contribution in [0.1, 0.15) is 39.3 Å². The van der Waals surface area contributed by atoms with Gasteiger partial charge in [0.2, 0.25) is 5.76 Å². The second kappa shape index (κ2) is 10.4. The minimum atomic E-state index is -1.03. The van der Waals surface area contributed by atoms with Gasteiger partial charge >= 0.3 is 0 Å². The first-order chi connectivity index (χ1) is 17.9. The lowest BCUT2D eigenvalue weighted by Crippen LogP contribution is -2.37. The number of hydrogen-bond acceptors (Lipinski definition) is 5. The van der Waals surface area contributed by atoms with Crippen molar-refractivity contribution in [2.24, 2.45) is 5.73 Å². The summed E-state index contributed by atoms with van der Waals surface area (Å²) in [4.78, 5) is 27.2. The van der Waals surface area contributed by atoms with E-state index in [1.165, 1.54) is 5.56 Å². The zero-order valence-electron chi connectivity index (χ0n) is 19.9. The van der Waals surface area contributed by atoms with Crippen LogP contribution in [-0.4, -0.2) is 35.9 Å². The van der Waals surface area contributed by atoms with Crippen LogP contribution in [0.15, 0.2) is 71.1 Å². The second-order valence-electron chi connectivity index (χ2n) is 9.00. The number of anilines is 1. The van der Waals surface area contributed by atoms with Crippen LogP contribution in [0, 0.1) is 11.6 Å². The summed E-state index contributed by atoms with van der Waals surface area (Å²) in [5, 5.41) is 2.41. The first kappa shape index (κ1) is 24.5. The van der Waals surface area contributed by atoms with Crippen molar-refractivity contribution < 1.29 is 27.5 Å². The van der Waals surface area contributed by atoms with Crippen LogP contribution in [0.25, 0.3) is 11.0 Å². The van der Waals surface area contributed by atoms with Crippen molar-refractivity contribution in [2.45, 2.75) is 25.5 Å². The van der Waals surface area contributed by atoms with E-state index in [1.54, 1.807) is 24.3 Å². The summed E-state index contributed by atoms with van der Waals surface area (Å²) in [5.41, 5.74) is 6.28. The van der Waals surface area contributed by atoms with Gasteiger partial charge in [0.15, 0.2) is 11.4 Å². The predicted molar refractivity (Wildman–Crippen MR) is 134 cm³/mol. The van der Waals surface area contributed by atoms with Gasteiger partial charge in [-0.3, -0.25) is 14.5 Å². The number of carbonyl (C=O) groups excluding carboxylic acids is 2. The lowest BCUT2D eigenvalue weighted by Gasteiger charge is -2.32. The maximum Gasteiger partial charge on any atom is 0.286 e. The Kier molecular flexibility index (Phi) is 6.87. The molecule has 2 amide bonds. The summed E-state index contributed by atoms with van der Waals surface area (Å²) in [6.45, 7) is 2.69. The minimum absolute atomic E-state index is 0.00978. The fourth-order valence-corrected chi connectivity index (χ4v) is 4.54. The summed E-state index contributed by atoms with van der Waals surface area (Å²) in [7, 11) is 0. The number of hydrogen-bond donors (Lipinski definition) is 2. The Labute approximate surface area is 211 Å². The lowest BCUT2D eigenvalue weighted by atomic mass is 10.1. The normalized spacial score (nSPS) is 14.5. The van der Waals surface area contributed by atoms with E-state index < -0.39 is 29.2 Å². The van der Waals surface area contributed by atoms with Gasteiger partial charge in [-0.05, 0) is 42.7 Å². The molecule has 9 heteroatoms. The highest BCUT2D eigenvalue weighted by atomic mass is 19.1. The number of piperidine rings is 1. The number of likely N-dealkylation sites (tertiary alicyclic amines) is 1. The third-order valence-electron chi connectivity index (χ3n) is 6.35. The van der Waals surface area contributed by atoms with Crippen LogP contribution in [0.2, 0.25) is 0 Å². The van der Waals surface area contributed by atoms with Crippen LogP contribution in [0.5, 0.6) is 5.75 Å². The third kappa shape index (κ3) is 5.46. The summed E-state index contributed by atoms with van der Waals surface area (Å²) in [6.07, 6.45) is 1.71. The number of fused-ring (bicyclic) bond motifs is 1. The summed E-state index contributed by atoms with van der Waals surface area (Å²) in [5.74, 6) is -3.48. The van der Waals surface area contributed by atoms with Crippen molar-refractivity contribution in [2.75, 3.05) is 18.4 Å². The van der Waals surface area contributed by atoms with Gasteiger partial charge in [0.1, 0.15) is 23.4 Å². The van der Waals surface area contributed by atoms with Crippen LogP contribution in [-0.2, 0) is 6.54 Å². The predicted octanol–water partition coefficient (Wildman–Crippen LogP) is 5.11. The topological polar surface area (TPSA) is 97.8 Å². The highest BCUT2D eigenvalue weighted by Gasteiger charge is 2.25. The molecule has 1 aromatic heterocycles. The van der Waals surface area contributed by atoms with E-state index in [1.807, 2.05) is 18.2 Å². The van der Waals surface area contributed by atoms with Gasteiger partial charge in [-0.25, -0.2) is 8.78 Å². The minimum Gasteiger partial charge on any atom is -0.490 e. The van der Waals surface area contributed by atoms with Crippen molar-refractivity contribution >= 4 is 28.5 Å². The molecular formula is C28H25F2N3O4. The Morgan fingerprint density at radius 3 is 2.51 bits per heavy atom. The molecule has 0 spiro atoms. The molecule has 5 rings (SSSR count). The molecule has 0 saturated carbocycles. The van der Waals surface area contributed by atoms with Crippen molar-refractivity contribution in [3.05, 3.63) is 95.3 Å². The number of halogens is 2. The van der Waals surface area contributed by atoms with Crippen molar-refractivity contribution in [1.29, 1.82) is 0 Å². The van der Waals surface area contributed by atoms with Gasteiger partial charge in [0, 0.05) is 31.3 Å². The Morgan fingerprint density at radius 2 is 1.78 bits per heavy atom. The smallest absolute Gasteiger partial charge is 0.286 e.